The van der Waals surface area contributed by atoms with E-state index in [2.05, 4.69) is 63.0 Å². The number of hydrogen-bond donors (Lipinski definition) is 1. The van der Waals surface area contributed by atoms with E-state index in [9.17, 15) is 0 Å². The largest absolute Gasteiger partial charge is 0.314 e. The maximum atomic E-state index is 3.70. The molecule has 0 aliphatic heterocycles. The van der Waals surface area contributed by atoms with Crippen molar-refractivity contribution in [2.24, 2.45) is 5.92 Å². The predicted molar refractivity (Wildman–Crippen MR) is 86.0 cm³/mol. The third-order valence-electron chi connectivity index (χ3n) is 4.41. The summed E-state index contributed by atoms with van der Waals surface area (Å²) >= 11 is 2.08. The molecule has 1 saturated carbocycles. The number of benzene rings is 1. The lowest BCUT2D eigenvalue weighted by atomic mass is 10.1. The summed E-state index contributed by atoms with van der Waals surface area (Å²) in [5.74, 6) is 0.776. The summed E-state index contributed by atoms with van der Waals surface area (Å²) < 4.78 is 0. The molecule has 3 atom stereocenters. The summed E-state index contributed by atoms with van der Waals surface area (Å²) in [4.78, 5) is 1.44. The first-order chi connectivity index (χ1) is 9.11. The fourth-order valence-corrected chi connectivity index (χ4v) is 4.27. The zero-order chi connectivity index (χ0) is 13.8. The van der Waals surface area contributed by atoms with Crippen LogP contribution in [-0.2, 0) is 0 Å². The highest BCUT2D eigenvalue weighted by Gasteiger charge is 2.32. The van der Waals surface area contributed by atoms with Gasteiger partial charge in [0.05, 0.1) is 0 Å². The zero-order valence-electron chi connectivity index (χ0n) is 12.7. The highest BCUT2D eigenvalue weighted by molar-refractivity contribution is 8.00. The number of hydrogen-bond acceptors (Lipinski definition) is 2. The second-order valence-corrected chi connectivity index (χ2v) is 7.21. The molecule has 0 amide bonds. The van der Waals surface area contributed by atoms with Crippen molar-refractivity contribution >= 4 is 11.8 Å². The van der Waals surface area contributed by atoms with Crippen LogP contribution >= 0.6 is 11.8 Å². The van der Waals surface area contributed by atoms with Crippen LogP contribution in [0.3, 0.4) is 0 Å². The fraction of sp³-hybridized carbons (Fsp3) is 0.647. The second-order valence-electron chi connectivity index (χ2n) is 5.90. The molecule has 19 heavy (non-hydrogen) atoms. The second kappa shape index (κ2) is 6.81. The van der Waals surface area contributed by atoms with Gasteiger partial charge in [-0.3, -0.25) is 0 Å². The molecular formula is C17H27NS. The average Bonchev–Trinajstić information content (AvgIpc) is 2.73. The maximum Gasteiger partial charge on any atom is 0.0135 e. The zero-order valence-corrected chi connectivity index (χ0v) is 13.5. The number of rotatable bonds is 5. The molecule has 1 aromatic rings. The van der Waals surface area contributed by atoms with Crippen LogP contribution in [0, 0.1) is 19.8 Å². The lowest BCUT2D eigenvalue weighted by molar-refractivity contribution is 0.432. The van der Waals surface area contributed by atoms with Crippen molar-refractivity contribution in [3.05, 3.63) is 29.3 Å². The van der Waals surface area contributed by atoms with Crippen molar-refractivity contribution in [3.63, 3.8) is 0 Å². The highest BCUT2D eigenvalue weighted by Crippen LogP contribution is 2.39. The van der Waals surface area contributed by atoms with Crippen LogP contribution in [0.1, 0.15) is 44.2 Å². The van der Waals surface area contributed by atoms with E-state index >= 15 is 0 Å². The Kier molecular flexibility index (Phi) is 5.35. The summed E-state index contributed by atoms with van der Waals surface area (Å²) in [6.45, 7) is 10.2. The molecular weight excluding hydrogens is 250 g/mol. The van der Waals surface area contributed by atoms with Crippen molar-refractivity contribution in [1.29, 1.82) is 0 Å². The van der Waals surface area contributed by atoms with Gasteiger partial charge in [-0.2, -0.15) is 0 Å². The van der Waals surface area contributed by atoms with Gasteiger partial charge in [0.2, 0.25) is 0 Å². The first-order valence-electron chi connectivity index (χ1n) is 7.59. The number of aryl methyl sites for hydroxylation is 2. The van der Waals surface area contributed by atoms with Crippen molar-refractivity contribution in [2.75, 3.05) is 6.54 Å². The van der Waals surface area contributed by atoms with Gasteiger partial charge < -0.3 is 5.32 Å². The van der Waals surface area contributed by atoms with Crippen LogP contribution in [0.15, 0.2) is 23.1 Å². The van der Waals surface area contributed by atoms with Gasteiger partial charge in [0.1, 0.15) is 0 Å². The van der Waals surface area contributed by atoms with E-state index in [1.807, 2.05) is 0 Å². The van der Waals surface area contributed by atoms with Gasteiger partial charge in [0.25, 0.3) is 0 Å². The third-order valence-corrected chi connectivity index (χ3v) is 5.90. The fourth-order valence-electron chi connectivity index (χ4n) is 2.87. The van der Waals surface area contributed by atoms with Gasteiger partial charge >= 0.3 is 0 Å². The molecule has 0 radical (unpaired) electrons. The van der Waals surface area contributed by atoms with Crippen molar-refractivity contribution in [2.45, 2.75) is 63.1 Å². The Morgan fingerprint density at radius 3 is 2.68 bits per heavy atom. The van der Waals surface area contributed by atoms with Crippen LogP contribution in [-0.4, -0.2) is 17.8 Å². The van der Waals surface area contributed by atoms with Crippen LogP contribution in [0.4, 0.5) is 0 Å². The van der Waals surface area contributed by atoms with Crippen LogP contribution in [0.25, 0.3) is 0 Å². The van der Waals surface area contributed by atoms with Gasteiger partial charge in [-0.15, -0.1) is 11.8 Å². The smallest absolute Gasteiger partial charge is 0.0135 e. The molecule has 0 heterocycles. The Labute approximate surface area is 122 Å². The van der Waals surface area contributed by atoms with Gasteiger partial charge in [-0.05, 0) is 68.8 Å². The van der Waals surface area contributed by atoms with Crippen LogP contribution < -0.4 is 5.32 Å². The topological polar surface area (TPSA) is 12.0 Å². The highest BCUT2D eigenvalue weighted by atomic mass is 32.2. The molecule has 1 aliphatic rings. The number of thioether (sulfide) groups is 1. The summed E-state index contributed by atoms with van der Waals surface area (Å²) in [6, 6.07) is 7.61. The maximum absolute atomic E-state index is 3.70. The Balaban J connectivity index is 1.94. The summed E-state index contributed by atoms with van der Waals surface area (Å²) in [6.07, 6.45) is 3.92. The molecule has 3 unspecified atom stereocenters. The first-order valence-corrected chi connectivity index (χ1v) is 8.47. The minimum absolute atomic E-state index is 0.726. The monoisotopic (exact) mass is 277 g/mol. The van der Waals surface area contributed by atoms with Crippen molar-refractivity contribution in [3.8, 4) is 0 Å². The van der Waals surface area contributed by atoms with Gasteiger partial charge in [-0.25, -0.2) is 0 Å². The molecule has 106 valence electrons. The SMILES string of the molecule is CCCNC1CCC(Sc2ccc(C)c(C)c2)C1C. The quantitative estimate of drug-likeness (QED) is 0.846. The molecule has 2 heteroatoms. The molecule has 1 N–H and O–H groups in total. The Bertz CT molecular complexity index is 416. The standard InChI is InChI=1S/C17H27NS/c1-5-10-18-16-8-9-17(14(16)4)19-15-7-6-12(2)13(3)11-15/h6-7,11,14,16-18H,5,8-10H2,1-4H3. The van der Waals surface area contributed by atoms with E-state index in [0.717, 1.165) is 23.8 Å². The Morgan fingerprint density at radius 1 is 1.21 bits per heavy atom. The average molecular weight is 277 g/mol. The lowest BCUT2D eigenvalue weighted by Crippen LogP contribution is -2.33. The molecule has 1 nitrogen and oxygen atoms in total. The van der Waals surface area contributed by atoms with Gasteiger partial charge in [0.15, 0.2) is 0 Å². The Morgan fingerprint density at radius 2 is 2.00 bits per heavy atom. The molecule has 1 aliphatic carbocycles. The molecule has 0 aromatic heterocycles. The van der Waals surface area contributed by atoms with E-state index in [1.54, 1.807) is 0 Å². The van der Waals surface area contributed by atoms with Crippen molar-refractivity contribution in [1.82, 2.24) is 5.32 Å². The van der Waals surface area contributed by atoms with Gasteiger partial charge in [0, 0.05) is 16.2 Å². The van der Waals surface area contributed by atoms with E-state index in [1.165, 1.54) is 35.3 Å². The van der Waals surface area contributed by atoms with Gasteiger partial charge in [-0.1, -0.05) is 19.9 Å². The van der Waals surface area contributed by atoms with E-state index in [0.29, 0.717) is 0 Å². The summed E-state index contributed by atoms with van der Waals surface area (Å²) in [5, 5.41) is 4.48. The predicted octanol–water partition coefficient (Wildman–Crippen LogP) is 4.56. The summed E-state index contributed by atoms with van der Waals surface area (Å²) in [7, 11) is 0. The molecule has 2 rings (SSSR count). The number of nitrogens with one attached hydrogen (secondary N) is 1. The van der Waals surface area contributed by atoms with Crippen LogP contribution in [0.2, 0.25) is 0 Å². The molecule has 0 bridgehead atoms. The van der Waals surface area contributed by atoms with Crippen LogP contribution in [0.5, 0.6) is 0 Å². The lowest BCUT2D eigenvalue weighted by Gasteiger charge is -2.21. The van der Waals surface area contributed by atoms with Crippen molar-refractivity contribution < 1.29 is 0 Å². The minimum Gasteiger partial charge on any atom is -0.314 e. The first kappa shape index (κ1) is 14.9. The molecule has 0 saturated heterocycles. The normalized spacial score (nSPS) is 26.8. The van der Waals surface area contributed by atoms with E-state index in [4.69, 9.17) is 0 Å². The molecule has 1 aromatic carbocycles. The Hall–Kier alpha value is -0.470. The molecule has 0 spiro atoms. The molecule has 1 fully saturated rings. The summed E-state index contributed by atoms with van der Waals surface area (Å²) in [5.41, 5.74) is 2.81. The van der Waals surface area contributed by atoms with E-state index in [-0.39, 0.29) is 0 Å². The minimum atomic E-state index is 0.726. The van der Waals surface area contributed by atoms with E-state index < -0.39 is 0 Å². The third kappa shape index (κ3) is 3.76.